The lowest BCUT2D eigenvalue weighted by Gasteiger charge is -2.16. The van der Waals surface area contributed by atoms with E-state index >= 15 is 0 Å². The number of nitro benzene ring substituents is 1. The number of hydrogen-bond donors (Lipinski definition) is 1. The van der Waals surface area contributed by atoms with Crippen LogP contribution in [0.5, 0.6) is 0 Å². The highest BCUT2D eigenvalue weighted by molar-refractivity contribution is 6.00. The molecule has 0 unspecified atom stereocenters. The second-order valence-electron chi connectivity index (χ2n) is 6.97. The zero-order valence-electron chi connectivity index (χ0n) is 16.6. The van der Waals surface area contributed by atoms with Gasteiger partial charge in [-0.1, -0.05) is 6.07 Å². The van der Waals surface area contributed by atoms with Crippen LogP contribution in [0, 0.1) is 16.0 Å². The molecule has 0 bridgehead atoms. The Labute approximate surface area is 176 Å². The molecule has 0 aromatic heterocycles. The summed E-state index contributed by atoms with van der Waals surface area (Å²) >= 11 is 0. The second-order valence-corrected chi connectivity index (χ2v) is 6.97. The maximum Gasteiger partial charge on any atom is 0.311 e. The highest BCUT2D eigenvalue weighted by Crippen LogP contribution is 2.28. The molecule has 0 aliphatic carbocycles. The molecular formula is C21H19N3O7. The summed E-state index contributed by atoms with van der Waals surface area (Å²) in [5, 5.41) is 13.5. The van der Waals surface area contributed by atoms with Crippen LogP contribution < -0.4 is 10.2 Å². The Balaban J connectivity index is 1.53. The normalized spacial score (nSPS) is 15.5. The number of amides is 2. The van der Waals surface area contributed by atoms with Gasteiger partial charge >= 0.3 is 5.97 Å². The van der Waals surface area contributed by atoms with Crippen molar-refractivity contribution in [2.75, 3.05) is 23.4 Å². The van der Waals surface area contributed by atoms with Crippen LogP contribution in [0.4, 0.5) is 17.1 Å². The Morgan fingerprint density at radius 2 is 1.90 bits per heavy atom. The monoisotopic (exact) mass is 425 g/mol. The standard InChI is InChI=1S/C21H19N3O7/c1-13(25)14-5-7-16(8-6-14)22-19(26)12-31-21(28)15-9-20(27)23(11-15)17-3-2-4-18(10-17)24(29)30/h2-8,10,15H,9,11-12H2,1H3,(H,22,26)/t15-/m0/s1. The average molecular weight is 425 g/mol. The number of nitro groups is 1. The Morgan fingerprint density at radius 1 is 1.19 bits per heavy atom. The van der Waals surface area contributed by atoms with E-state index in [1.807, 2.05) is 0 Å². The first-order chi connectivity index (χ1) is 14.7. The molecule has 1 aliphatic rings. The lowest BCUT2D eigenvalue weighted by Crippen LogP contribution is -2.28. The third kappa shape index (κ3) is 5.30. The Hall–Kier alpha value is -4.08. The molecular weight excluding hydrogens is 406 g/mol. The number of rotatable bonds is 7. The molecule has 2 aromatic carbocycles. The molecule has 0 saturated carbocycles. The number of hydrogen-bond acceptors (Lipinski definition) is 7. The molecule has 2 aromatic rings. The van der Waals surface area contributed by atoms with Crippen molar-refractivity contribution >= 4 is 40.6 Å². The Bertz CT molecular complexity index is 1050. The van der Waals surface area contributed by atoms with E-state index in [0.717, 1.165) is 0 Å². The highest BCUT2D eigenvalue weighted by atomic mass is 16.6. The summed E-state index contributed by atoms with van der Waals surface area (Å²) in [5.74, 6) is -2.52. The van der Waals surface area contributed by atoms with Gasteiger partial charge in [-0.2, -0.15) is 0 Å². The number of nitrogens with one attached hydrogen (secondary N) is 1. The third-order valence-corrected chi connectivity index (χ3v) is 4.73. The summed E-state index contributed by atoms with van der Waals surface area (Å²) in [5.41, 5.74) is 1.10. The highest BCUT2D eigenvalue weighted by Gasteiger charge is 2.36. The van der Waals surface area contributed by atoms with E-state index in [0.29, 0.717) is 16.9 Å². The molecule has 1 saturated heterocycles. The van der Waals surface area contributed by atoms with Crippen LogP contribution in [-0.2, 0) is 19.1 Å². The minimum Gasteiger partial charge on any atom is -0.455 e. The number of esters is 1. The zero-order valence-corrected chi connectivity index (χ0v) is 16.6. The van der Waals surface area contributed by atoms with Crippen molar-refractivity contribution in [2.24, 2.45) is 5.92 Å². The van der Waals surface area contributed by atoms with Crippen molar-refractivity contribution in [2.45, 2.75) is 13.3 Å². The molecule has 10 heteroatoms. The molecule has 2 amide bonds. The van der Waals surface area contributed by atoms with Crippen LogP contribution >= 0.6 is 0 Å². The predicted octanol–water partition coefficient (Wildman–Crippen LogP) is 2.33. The van der Waals surface area contributed by atoms with Gasteiger partial charge in [-0.25, -0.2) is 0 Å². The Morgan fingerprint density at radius 3 is 2.55 bits per heavy atom. The van der Waals surface area contributed by atoms with Crippen molar-refractivity contribution in [3.63, 3.8) is 0 Å². The maximum absolute atomic E-state index is 12.3. The van der Waals surface area contributed by atoms with Gasteiger partial charge in [-0.3, -0.25) is 29.3 Å². The molecule has 0 spiro atoms. The van der Waals surface area contributed by atoms with Gasteiger partial charge in [0.1, 0.15) is 0 Å². The van der Waals surface area contributed by atoms with Gasteiger partial charge in [-0.15, -0.1) is 0 Å². The van der Waals surface area contributed by atoms with E-state index in [2.05, 4.69) is 5.32 Å². The fourth-order valence-electron chi connectivity index (χ4n) is 3.13. The number of anilines is 2. The third-order valence-electron chi connectivity index (χ3n) is 4.73. The molecule has 1 heterocycles. The first kappa shape index (κ1) is 21.6. The van der Waals surface area contributed by atoms with Gasteiger partial charge in [0.15, 0.2) is 12.4 Å². The molecule has 1 N–H and O–H groups in total. The zero-order chi connectivity index (χ0) is 22.5. The summed E-state index contributed by atoms with van der Waals surface area (Å²) < 4.78 is 5.02. The fraction of sp³-hybridized carbons (Fsp3) is 0.238. The topological polar surface area (TPSA) is 136 Å². The van der Waals surface area contributed by atoms with Crippen molar-refractivity contribution in [3.8, 4) is 0 Å². The van der Waals surface area contributed by atoms with Crippen LogP contribution in [0.1, 0.15) is 23.7 Å². The molecule has 3 rings (SSSR count). The number of benzene rings is 2. The van der Waals surface area contributed by atoms with Gasteiger partial charge in [0.05, 0.1) is 16.5 Å². The summed E-state index contributed by atoms with van der Waals surface area (Å²) in [7, 11) is 0. The van der Waals surface area contributed by atoms with Crippen LogP contribution in [0.15, 0.2) is 48.5 Å². The largest absolute Gasteiger partial charge is 0.455 e. The van der Waals surface area contributed by atoms with Gasteiger partial charge in [0, 0.05) is 36.3 Å². The fourth-order valence-corrected chi connectivity index (χ4v) is 3.13. The SMILES string of the molecule is CC(=O)c1ccc(NC(=O)COC(=O)[C@H]2CC(=O)N(c3cccc([N+](=O)[O-])c3)C2)cc1. The number of ether oxygens (including phenoxy) is 1. The Kier molecular flexibility index (Phi) is 6.39. The van der Waals surface area contributed by atoms with Gasteiger partial charge < -0.3 is 15.0 Å². The van der Waals surface area contributed by atoms with Gasteiger partial charge in [0.25, 0.3) is 11.6 Å². The molecule has 0 radical (unpaired) electrons. The molecule has 160 valence electrons. The van der Waals surface area contributed by atoms with E-state index in [-0.39, 0.29) is 30.3 Å². The number of Topliss-reactive ketones (excluding diaryl/α,β-unsaturated/α-hetero) is 1. The molecule has 10 nitrogen and oxygen atoms in total. The minimum absolute atomic E-state index is 0.00691. The molecule has 1 aliphatic heterocycles. The van der Waals surface area contributed by atoms with Crippen LogP contribution in [0.25, 0.3) is 0 Å². The van der Waals surface area contributed by atoms with Crippen LogP contribution in [0.3, 0.4) is 0 Å². The number of non-ortho nitro benzene ring substituents is 1. The first-order valence-electron chi connectivity index (χ1n) is 9.37. The number of nitrogens with zero attached hydrogens (tertiary/aromatic N) is 2. The number of carbonyl (C=O) groups excluding carboxylic acids is 4. The van der Waals surface area contributed by atoms with E-state index in [1.165, 1.54) is 30.0 Å². The van der Waals surface area contributed by atoms with Gasteiger partial charge in [0.2, 0.25) is 5.91 Å². The van der Waals surface area contributed by atoms with E-state index < -0.39 is 29.3 Å². The number of carbonyl (C=O) groups is 4. The van der Waals surface area contributed by atoms with Gasteiger partial charge in [-0.05, 0) is 37.3 Å². The van der Waals surface area contributed by atoms with E-state index in [9.17, 15) is 29.3 Å². The summed E-state index contributed by atoms with van der Waals surface area (Å²) in [6.45, 7) is 0.905. The summed E-state index contributed by atoms with van der Waals surface area (Å²) in [6, 6.07) is 11.8. The lowest BCUT2D eigenvalue weighted by molar-refractivity contribution is -0.384. The summed E-state index contributed by atoms with van der Waals surface area (Å²) in [6.07, 6.45) is -0.115. The van der Waals surface area contributed by atoms with Crippen molar-refractivity contribution in [1.29, 1.82) is 0 Å². The molecule has 31 heavy (non-hydrogen) atoms. The van der Waals surface area contributed by atoms with Crippen molar-refractivity contribution < 1.29 is 28.8 Å². The number of ketones is 1. The minimum atomic E-state index is -0.783. The molecule has 1 atom stereocenters. The van der Waals surface area contributed by atoms with E-state index in [4.69, 9.17) is 4.74 Å². The van der Waals surface area contributed by atoms with Crippen LogP contribution in [-0.4, -0.2) is 41.6 Å². The van der Waals surface area contributed by atoms with E-state index in [1.54, 1.807) is 30.3 Å². The summed E-state index contributed by atoms with van der Waals surface area (Å²) in [4.78, 5) is 59.5. The first-order valence-corrected chi connectivity index (χ1v) is 9.37. The second kappa shape index (κ2) is 9.16. The lowest BCUT2D eigenvalue weighted by atomic mass is 10.1. The predicted molar refractivity (Wildman–Crippen MR) is 110 cm³/mol. The average Bonchev–Trinajstić information content (AvgIpc) is 3.14. The smallest absolute Gasteiger partial charge is 0.311 e. The van der Waals surface area contributed by atoms with Crippen molar-refractivity contribution in [1.82, 2.24) is 0 Å². The quantitative estimate of drug-likeness (QED) is 0.311. The van der Waals surface area contributed by atoms with Crippen LogP contribution in [0.2, 0.25) is 0 Å². The maximum atomic E-state index is 12.3. The molecule has 1 fully saturated rings. The van der Waals surface area contributed by atoms with Crippen molar-refractivity contribution in [3.05, 3.63) is 64.2 Å².